The Bertz CT molecular complexity index is 1040. The lowest BCUT2D eigenvalue weighted by atomic mass is 10.2. The molecule has 0 amide bonds. The summed E-state index contributed by atoms with van der Waals surface area (Å²) >= 11 is 3.44. The molecule has 8 heteroatoms. The Balaban J connectivity index is 2.13. The molecule has 0 N–H and O–H groups in total. The second-order valence-electron chi connectivity index (χ2n) is 4.66. The summed E-state index contributed by atoms with van der Waals surface area (Å²) in [5.74, 6) is 0. The van der Waals surface area contributed by atoms with E-state index in [2.05, 4.69) is 27.6 Å². The van der Waals surface area contributed by atoms with Gasteiger partial charge in [-0.05, 0) is 35.1 Å². The number of hydrogen-bond acceptors (Lipinski definition) is 5. The van der Waals surface area contributed by atoms with Crippen LogP contribution in [-0.4, -0.2) is 14.0 Å². The third-order valence-electron chi connectivity index (χ3n) is 3.28. The van der Waals surface area contributed by atoms with Gasteiger partial charge in [0.2, 0.25) is 0 Å². The first kappa shape index (κ1) is 14.9. The number of fused-ring (bicyclic) bond motifs is 1. The number of aromatic nitrogens is 3. The molecular weight excluding hydrogens is 415 g/mol. The SMILES string of the molecule is Cc1c(I)cn(Cc2cc(=O)n3ccsc3n2)c(=O)c1C#N. The summed E-state index contributed by atoms with van der Waals surface area (Å²) in [6.07, 6.45) is 3.34. The van der Waals surface area contributed by atoms with Crippen molar-refractivity contribution in [2.24, 2.45) is 0 Å². The van der Waals surface area contributed by atoms with Gasteiger partial charge >= 0.3 is 0 Å². The maximum absolute atomic E-state index is 12.3. The van der Waals surface area contributed by atoms with Crippen molar-refractivity contribution in [2.45, 2.75) is 13.5 Å². The van der Waals surface area contributed by atoms with Crippen LogP contribution < -0.4 is 11.1 Å². The third kappa shape index (κ3) is 2.46. The van der Waals surface area contributed by atoms with E-state index in [1.54, 1.807) is 24.7 Å². The smallest absolute Gasteiger partial charge is 0.269 e. The average Bonchev–Trinajstić information content (AvgIpc) is 2.94. The molecule has 0 aliphatic rings. The van der Waals surface area contributed by atoms with Crippen LogP contribution >= 0.6 is 33.9 Å². The van der Waals surface area contributed by atoms with E-state index in [1.165, 1.54) is 26.4 Å². The minimum Gasteiger partial charge on any atom is -0.307 e. The lowest BCUT2D eigenvalue weighted by molar-refractivity contribution is 0.729. The molecule has 0 fully saturated rings. The Labute approximate surface area is 142 Å². The number of nitriles is 1. The van der Waals surface area contributed by atoms with Crippen molar-refractivity contribution in [3.05, 3.63) is 64.9 Å². The molecule has 22 heavy (non-hydrogen) atoms. The van der Waals surface area contributed by atoms with Crippen molar-refractivity contribution >= 4 is 38.9 Å². The Morgan fingerprint density at radius 1 is 1.45 bits per heavy atom. The maximum atomic E-state index is 12.3. The largest absolute Gasteiger partial charge is 0.307 e. The first-order valence-corrected chi connectivity index (χ1v) is 8.22. The standard InChI is InChI=1S/C14H9IN4O2S/c1-8-10(5-16)13(21)18(7-11(8)15)6-9-4-12(20)19-2-3-22-14(19)17-9/h2-4,7H,6H2,1H3. The second-order valence-corrected chi connectivity index (χ2v) is 6.70. The predicted octanol–water partition coefficient (Wildman–Crippen LogP) is 1.75. The van der Waals surface area contributed by atoms with Gasteiger partial charge in [-0.1, -0.05) is 0 Å². The minimum atomic E-state index is -0.367. The lowest BCUT2D eigenvalue weighted by Gasteiger charge is -2.09. The second kappa shape index (κ2) is 5.66. The number of pyridine rings is 1. The van der Waals surface area contributed by atoms with E-state index < -0.39 is 0 Å². The van der Waals surface area contributed by atoms with Crippen LogP contribution in [0.4, 0.5) is 0 Å². The Morgan fingerprint density at radius 3 is 2.95 bits per heavy atom. The summed E-state index contributed by atoms with van der Waals surface area (Å²) in [6.45, 7) is 1.90. The average molecular weight is 424 g/mol. The van der Waals surface area contributed by atoms with Crippen molar-refractivity contribution < 1.29 is 0 Å². The molecule has 0 saturated heterocycles. The van der Waals surface area contributed by atoms with Crippen LogP contribution in [-0.2, 0) is 6.54 Å². The van der Waals surface area contributed by atoms with E-state index in [1.807, 2.05) is 6.07 Å². The molecule has 0 aliphatic heterocycles. The molecule has 0 unspecified atom stereocenters. The van der Waals surface area contributed by atoms with Gasteiger partial charge in [0.05, 0.1) is 12.2 Å². The lowest BCUT2D eigenvalue weighted by Crippen LogP contribution is -2.26. The first-order valence-electron chi connectivity index (χ1n) is 6.26. The first-order chi connectivity index (χ1) is 10.5. The Morgan fingerprint density at radius 2 is 2.23 bits per heavy atom. The minimum absolute atomic E-state index is 0.126. The van der Waals surface area contributed by atoms with Crippen LogP contribution in [0.1, 0.15) is 16.8 Å². The van der Waals surface area contributed by atoms with Crippen molar-refractivity contribution in [1.29, 1.82) is 5.26 Å². The molecule has 3 rings (SSSR count). The molecule has 3 aromatic heterocycles. The van der Waals surface area contributed by atoms with E-state index >= 15 is 0 Å². The van der Waals surface area contributed by atoms with Gasteiger partial charge in [-0.15, -0.1) is 11.3 Å². The highest BCUT2D eigenvalue weighted by Gasteiger charge is 2.12. The molecule has 110 valence electrons. The van der Waals surface area contributed by atoms with Crippen LogP contribution in [0.5, 0.6) is 0 Å². The van der Waals surface area contributed by atoms with Crippen molar-refractivity contribution in [1.82, 2.24) is 14.0 Å². The third-order valence-corrected chi connectivity index (χ3v) is 5.12. The van der Waals surface area contributed by atoms with E-state index in [-0.39, 0.29) is 23.2 Å². The number of hydrogen-bond donors (Lipinski definition) is 0. The van der Waals surface area contributed by atoms with Gasteiger partial charge in [-0.2, -0.15) is 5.26 Å². The van der Waals surface area contributed by atoms with Gasteiger partial charge in [0.25, 0.3) is 11.1 Å². The summed E-state index contributed by atoms with van der Waals surface area (Å²) < 4.78 is 3.69. The fourth-order valence-electron chi connectivity index (χ4n) is 2.11. The number of rotatable bonds is 2. The van der Waals surface area contributed by atoms with Gasteiger partial charge in [0.15, 0.2) is 4.96 Å². The fraction of sp³-hybridized carbons (Fsp3) is 0.143. The fourth-order valence-corrected chi connectivity index (χ4v) is 3.45. The zero-order valence-electron chi connectivity index (χ0n) is 11.4. The molecule has 0 aliphatic carbocycles. The van der Waals surface area contributed by atoms with E-state index in [0.29, 0.717) is 16.2 Å². The van der Waals surface area contributed by atoms with E-state index in [9.17, 15) is 9.59 Å². The van der Waals surface area contributed by atoms with Gasteiger partial charge in [-0.3, -0.25) is 14.0 Å². The molecule has 0 bridgehead atoms. The van der Waals surface area contributed by atoms with Gasteiger partial charge in [0, 0.05) is 27.4 Å². The van der Waals surface area contributed by atoms with Gasteiger partial charge in [0.1, 0.15) is 11.6 Å². The van der Waals surface area contributed by atoms with Gasteiger partial charge in [-0.25, -0.2) is 4.98 Å². The number of nitrogens with zero attached hydrogens (tertiary/aromatic N) is 4. The summed E-state index contributed by atoms with van der Waals surface area (Å²) in [6, 6.07) is 3.35. The van der Waals surface area contributed by atoms with Crippen molar-refractivity contribution in [3.63, 3.8) is 0 Å². The molecule has 0 radical (unpaired) electrons. The molecule has 3 aromatic rings. The van der Waals surface area contributed by atoms with E-state index in [0.717, 1.165) is 3.57 Å². The maximum Gasteiger partial charge on any atom is 0.269 e. The normalized spacial score (nSPS) is 10.8. The zero-order chi connectivity index (χ0) is 15.9. The molecule has 0 atom stereocenters. The molecule has 3 heterocycles. The van der Waals surface area contributed by atoms with E-state index in [4.69, 9.17) is 5.26 Å². The monoisotopic (exact) mass is 424 g/mol. The summed E-state index contributed by atoms with van der Waals surface area (Å²) in [5, 5.41) is 10.9. The topological polar surface area (TPSA) is 80.2 Å². The molecular formula is C14H9IN4O2S. The molecule has 0 spiro atoms. The summed E-state index contributed by atoms with van der Waals surface area (Å²) in [5.41, 5.74) is 0.746. The molecule has 6 nitrogen and oxygen atoms in total. The Hall–Kier alpha value is -1.99. The quantitative estimate of drug-likeness (QED) is 0.588. The van der Waals surface area contributed by atoms with Crippen molar-refractivity contribution in [2.75, 3.05) is 0 Å². The highest BCUT2D eigenvalue weighted by molar-refractivity contribution is 14.1. The number of thiazole rings is 1. The highest BCUT2D eigenvalue weighted by atomic mass is 127. The van der Waals surface area contributed by atoms with Crippen LogP contribution in [0.2, 0.25) is 0 Å². The summed E-state index contributed by atoms with van der Waals surface area (Å²) in [7, 11) is 0. The zero-order valence-corrected chi connectivity index (χ0v) is 14.4. The van der Waals surface area contributed by atoms with Crippen LogP contribution in [0.15, 0.2) is 33.4 Å². The van der Waals surface area contributed by atoms with Crippen LogP contribution in [0.25, 0.3) is 4.96 Å². The predicted molar refractivity (Wildman–Crippen MR) is 91.3 cm³/mol. The van der Waals surface area contributed by atoms with Crippen LogP contribution in [0, 0.1) is 21.8 Å². The molecule has 0 saturated carbocycles. The molecule has 0 aromatic carbocycles. The highest BCUT2D eigenvalue weighted by Crippen LogP contribution is 2.13. The van der Waals surface area contributed by atoms with Gasteiger partial charge < -0.3 is 4.57 Å². The number of halogens is 1. The van der Waals surface area contributed by atoms with Crippen molar-refractivity contribution in [3.8, 4) is 6.07 Å². The summed E-state index contributed by atoms with van der Waals surface area (Å²) in [4.78, 5) is 29.2. The van der Waals surface area contributed by atoms with Crippen LogP contribution in [0.3, 0.4) is 0 Å². The Kier molecular flexibility index (Phi) is 3.84.